The second kappa shape index (κ2) is 4.82. The quantitative estimate of drug-likeness (QED) is 0.667. The fraction of sp³-hybridized carbons (Fsp3) is 0.143. The predicted octanol–water partition coefficient (Wildman–Crippen LogP) is 1.67. The highest BCUT2D eigenvalue weighted by molar-refractivity contribution is 5.95. The zero-order valence-corrected chi connectivity index (χ0v) is 10.3. The number of aromatic carboxylic acids is 2. The van der Waals surface area contributed by atoms with Crippen LogP contribution in [0.4, 0.5) is 0 Å². The molecule has 6 heteroatoms. The maximum Gasteiger partial charge on any atom is 0.336 e. The number of hydrogen-bond acceptors (Lipinski definition) is 4. The summed E-state index contributed by atoms with van der Waals surface area (Å²) in [6.45, 7) is 0. The number of aliphatic hydroxyl groups is 2. The zero-order chi connectivity index (χ0) is 14.9. The van der Waals surface area contributed by atoms with Gasteiger partial charge in [-0.1, -0.05) is 12.1 Å². The Hall–Kier alpha value is -2.60. The van der Waals surface area contributed by atoms with E-state index in [2.05, 4.69) is 0 Å². The van der Waals surface area contributed by atoms with Gasteiger partial charge in [-0.05, 0) is 24.3 Å². The van der Waals surface area contributed by atoms with Crippen molar-refractivity contribution in [2.75, 3.05) is 0 Å². The van der Waals surface area contributed by atoms with Crippen LogP contribution < -0.4 is 0 Å². The Morgan fingerprint density at radius 1 is 1.15 bits per heavy atom. The number of carboxylic acids is 2. The minimum atomic E-state index is -1.68. The molecular weight excluding hydrogens is 264 g/mol. The number of aliphatic hydroxyl groups excluding tert-OH is 1. The van der Waals surface area contributed by atoms with Gasteiger partial charge < -0.3 is 20.4 Å². The molecule has 0 fully saturated rings. The molecule has 1 aromatic carbocycles. The summed E-state index contributed by atoms with van der Waals surface area (Å²) >= 11 is 0. The van der Waals surface area contributed by atoms with Gasteiger partial charge in [0.1, 0.15) is 5.60 Å². The Balaban J connectivity index is 2.57. The lowest BCUT2D eigenvalue weighted by Crippen LogP contribution is -2.28. The van der Waals surface area contributed by atoms with E-state index in [0.717, 1.165) is 6.07 Å². The van der Waals surface area contributed by atoms with Crippen LogP contribution in [0.25, 0.3) is 0 Å². The van der Waals surface area contributed by atoms with Crippen molar-refractivity contribution in [2.45, 2.75) is 12.0 Å². The maximum absolute atomic E-state index is 11.3. The molecule has 1 aromatic rings. The molecule has 1 atom stereocenters. The van der Waals surface area contributed by atoms with Crippen LogP contribution in [-0.2, 0) is 5.60 Å². The molecule has 104 valence electrons. The number of rotatable bonds is 3. The van der Waals surface area contributed by atoms with E-state index in [4.69, 9.17) is 5.11 Å². The smallest absolute Gasteiger partial charge is 0.336 e. The second-order valence-electron chi connectivity index (χ2n) is 4.49. The molecule has 0 aromatic heterocycles. The molecule has 0 spiro atoms. The van der Waals surface area contributed by atoms with Crippen LogP contribution in [-0.4, -0.2) is 32.4 Å². The minimum absolute atomic E-state index is 0.0332. The van der Waals surface area contributed by atoms with Crippen molar-refractivity contribution in [3.05, 3.63) is 58.9 Å². The van der Waals surface area contributed by atoms with Crippen LogP contribution >= 0.6 is 0 Å². The lowest BCUT2D eigenvalue weighted by molar-refractivity contribution is 0.0620. The van der Waals surface area contributed by atoms with Gasteiger partial charge in [-0.15, -0.1) is 0 Å². The first-order valence-electron chi connectivity index (χ1n) is 5.74. The third-order valence-electron chi connectivity index (χ3n) is 3.07. The van der Waals surface area contributed by atoms with E-state index >= 15 is 0 Å². The Bertz CT molecular complexity index is 643. The Labute approximate surface area is 113 Å². The molecule has 6 nitrogen and oxygen atoms in total. The zero-order valence-electron chi connectivity index (χ0n) is 10.3. The monoisotopic (exact) mass is 276 g/mol. The molecule has 0 bridgehead atoms. The van der Waals surface area contributed by atoms with Gasteiger partial charge >= 0.3 is 11.9 Å². The largest absolute Gasteiger partial charge is 0.512 e. The number of carboxylic acid groups (broad SMARTS) is 2. The number of allylic oxidation sites excluding steroid dienone is 2. The van der Waals surface area contributed by atoms with E-state index < -0.39 is 17.5 Å². The van der Waals surface area contributed by atoms with E-state index in [0.29, 0.717) is 0 Å². The Morgan fingerprint density at radius 3 is 2.40 bits per heavy atom. The average molecular weight is 276 g/mol. The van der Waals surface area contributed by atoms with Gasteiger partial charge in [0.25, 0.3) is 0 Å². The van der Waals surface area contributed by atoms with E-state index in [1.54, 1.807) is 0 Å². The van der Waals surface area contributed by atoms with E-state index in [1.807, 2.05) is 0 Å². The molecule has 0 saturated heterocycles. The van der Waals surface area contributed by atoms with Crippen LogP contribution in [0.1, 0.15) is 32.7 Å². The van der Waals surface area contributed by atoms with Crippen molar-refractivity contribution in [1.82, 2.24) is 0 Å². The van der Waals surface area contributed by atoms with E-state index in [1.165, 1.54) is 30.4 Å². The topological polar surface area (TPSA) is 115 Å². The van der Waals surface area contributed by atoms with Gasteiger partial charge in [-0.25, -0.2) is 9.59 Å². The highest BCUT2D eigenvalue weighted by Gasteiger charge is 2.33. The first-order chi connectivity index (χ1) is 9.33. The molecule has 0 amide bonds. The summed E-state index contributed by atoms with van der Waals surface area (Å²) in [6, 6.07) is 3.45. The third-order valence-corrected chi connectivity index (χ3v) is 3.07. The van der Waals surface area contributed by atoms with Gasteiger partial charge in [-0.2, -0.15) is 0 Å². The highest BCUT2D eigenvalue weighted by atomic mass is 16.4. The van der Waals surface area contributed by atoms with Crippen LogP contribution in [0.5, 0.6) is 0 Å². The van der Waals surface area contributed by atoms with Crippen LogP contribution in [0.15, 0.2) is 42.2 Å². The molecule has 20 heavy (non-hydrogen) atoms. The number of benzene rings is 1. The molecule has 4 N–H and O–H groups in total. The summed E-state index contributed by atoms with van der Waals surface area (Å²) in [5.41, 5.74) is -2.14. The van der Waals surface area contributed by atoms with Gasteiger partial charge in [-0.3, -0.25) is 0 Å². The first-order valence-corrected chi connectivity index (χ1v) is 5.74. The lowest BCUT2D eigenvalue weighted by atomic mass is 9.83. The summed E-state index contributed by atoms with van der Waals surface area (Å²) in [5, 5.41) is 38.0. The molecule has 1 unspecified atom stereocenters. The molecule has 2 rings (SSSR count). The van der Waals surface area contributed by atoms with Crippen LogP contribution in [0, 0.1) is 0 Å². The van der Waals surface area contributed by atoms with Gasteiger partial charge in [0.05, 0.1) is 16.9 Å². The second-order valence-corrected chi connectivity index (χ2v) is 4.49. The van der Waals surface area contributed by atoms with Crippen molar-refractivity contribution < 1.29 is 30.0 Å². The first kappa shape index (κ1) is 13.8. The van der Waals surface area contributed by atoms with E-state index in [9.17, 15) is 24.9 Å². The van der Waals surface area contributed by atoms with Crippen molar-refractivity contribution in [3.63, 3.8) is 0 Å². The Morgan fingerprint density at radius 2 is 1.85 bits per heavy atom. The summed E-state index contributed by atoms with van der Waals surface area (Å²) in [6.07, 6.45) is 3.99. The summed E-state index contributed by atoms with van der Waals surface area (Å²) in [5.74, 6) is -2.69. The molecule has 0 heterocycles. The van der Waals surface area contributed by atoms with Gasteiger partial charge in [0.2, 0.25) is 0 Å². The number of carbonyl (C=O) groups is 2. The SMILES string of the molecule is O=C(O)c1ccc(C2(O)C=CC=C(O)C2)c(C(=O)O)c1. The summed E-state index contributed by atoms with van der Waals surface area (Å²) in [4.78, 5) is 22.1. The molecule has 1 aliphatic rings. The van der Waals surface area contributed by atoms with Gasteiger partial charge in [0.15, 0.2) is 0 Å². The van der Waals surface area contributed by atoms with Crippen LogP contribution in [0.2, 0.25) is 0 Å². The van der Waals surface area contributed by atoms with Crippen molar-refractivity contribution in [2.24, 2.45) is 0 Å². The third kappa shape index (κ3) is 2.41. The average Bonchev–Trinajstić information content (AvgIpc) is 2.37. The molecular formula is C14H12O6. The lowest BCUT2D eigenvalue weighted by Gasteiger charge is -2.28. The minimum Gasteiger partial charge on any atom is -0.512 e. The summed E-state index contributed by atoms with van der Waals surface area (Å²) in [7, 11) is 0. The molecule has 0 aliphatic heterocycles. The molecule has 0 radical (unpaired) electrons. The fourth-order valence-corrected chi connectivity index (χ4v) is 2.13. The van der Waals surface area contributed by atoms with Gasteiger partial charge in [0, 0.05) is 12.0 Å². The fourth-order valence-electron chi connectivity index (χ4n) is 2.13. The Kier molecular flexibility index (Phi) is 3.33. The summed E-state index contributed by atoms with van der Waals surface area (Å²) < 4.78 is 0. The standard InChI is InChI=1S/C14H12O6/c15-9-2-1-5-14(20,7-9)11-4-3-8(12(16)17)6-10(11)13(18)19/h1-6,15,20H,7H2,(H,16,17)(H,18,19). The highest BCUT2D eigenvalue weighted by Crippen LogP contribution is 2.34. The van der Waals surface area contributed by atoms with Crippen molar-refractivity contribution in [1.29, 1.82) is 0 Å². The maximum atomic E-state index is 11.3. The molecule has 0 saturated carbocycles. The molecule has 1 aliphatic carbocycles. The van der Waals surface area contributed by atoms with E-state index in [-0.39, 0.29) is 28.9 Å². The van der Waals surface area contributed by atoms with Crippen molar-refractivity contribution >= 4 is 11.9 Å². The normalized spacial score (nSPS) is 21.4. The van der Waals surface area contributed by atoms with Crippen LogP contribution in [0.3, 0.4) is 0 Å². The predicted molar refractivity (Wildman–Crippen MR) is 68.7 cm³/mol. The number of hydrogen-bond donors (Lipinski definition) is 4. The van der Waals surface area contributed by atoms with Crippen molar-refractivity contribution in [3.8, 4) is 0 Å².